The van der Waals surface area contributed by atoms with Crippen molar-refractivity contribution in [2.24, 2.45) is 0 Å². The second-order valence-corrected chi connectivity index (χ2v) is 2.44. The summed E-state index contributed by atoms with van der Waals surface area (Å²) in [5.74, 6) is -0.961. The summed E-state index contributed by atoms with van der Waals surface area (Å²) in [5, 5.41) is 15.6. The molecule has 2 aliphatic carbocycles. The van der Waals surface area contributed by atoms with E-state index in [2.05, 4.69) is 24.3 Å². The topological polar surface area (TPSA) is 57.5 Å². The lowest BCUT2D eigenvalue weighted by molar-refractivity contribution is -0.137. The summed E-state index contributed by atoms with van der Waals surface area (Å²) in [6.45, 7) is -0.269. The highest BCUT2D eigenvalue weighted by Gasteiger charge is 2.03. The molecule has 0 atom stereocenters. The van der Waals surface area contributed by atoms with E-state index in [1.807, 2.05) is 0 Å². The van der Waals surface area contributed by atoms with Gasteiger partial charge in [-0.1, -0.05) is 24.3 Å². The Morgan fingerprint density at radius 2 is 1.58 bits per heavy atom. The molecule has 2 N–H and O–H groups in total. The maximum absolute atomic E-state index is 9.44. The average Bonchev–Trinajstić information content (AvgIpc) is 1.98. The van der Waals surface area contributed by atoms with E-state index in [1.165, 1.54) is 11.1 Å². The number of rotatable bonds is 2. The number of benzene rings is 1. The monoisotopic (exact) mass is 166 g/mol. The number of aliphatic carboxylic acids is 1. The van der Waals surface area contributed by atoms with Gasteiger partial charge >= 0.3 is 5.97 Å². The molecule has 12 heavy (non-hydrogen) atoms. The maximum atomic E-state index is 9.44. The highest BCUT2D eigenvalue weighted by molar-refractivity contribution is 5.75. The zero-order valence-electron chi connectivity index (χ0n) is 6.53. The second kappa shape index (κ2) is 3.88. The fourth-order valence-electron chi connectivity index (χ4n) is 0.758. The quantitative estimate of drug-likeness (QED) is 0.702. The zero-order chi connectivity index (χ0) is 8.97. The van der Waals surface area contributed by atoms with Gasteiger partial charge in [0.1, 0.15) is 0 Å². The van der Waals surface area contributed by atoms with E-state index in [4.69, 9.17) is 10.2 Å². The molecule has 2 aliphatic rings. The largest absolute Gasteiger partial charge is 0.481 e. The van der Waals surface area contributed by atoms with E-state index in [0.29, 0.717) is 0 Å². The number of aliphatic hydroxyl groups excluding tert-OH is 1. The molecule has 0 saturated carbocycles. The van der Waals surface area contributed by atoms with Crippen LogP contribution in [0.15, 0.2) is 24.3 Å². The molecule has 0 spiro atoms. The van der Waals surface area contributed by atoms with Crippen LogP contribution in [0.4, 0.5) is 0 Å². The van der Waals surface area contributed by atoms with E-state index in [1.54, 1.807) is 0 Å². The van der Waals surface area contributed by atoms with Gasteiger partial charge in [0.25, 0.3) is 0 Å². The lowest BCUT2D eigenvalue weighted by Crippen LogP contribution is -1.96. The van der Waals surface area contributed by atoms with Crippen molar-refractivity contribution in [1.82, 2.24) is 0 Å². The van der Waals surface area contributed by atoms with Crippen molar-refractivity contribution in [3.05, 3.63) is 24.3 Å². The Bertz CT molecular complexity index is 243. The number of fused-ring (bicyclic) bond motifs is 1. The lowest BCUT2D eigenvalue weighted by atomic mass is 9.95. The molecule has 2 rings (SSSR count). The van der Waals surface area contributed by atoms with Crippen LogP contribution in [-0.2, 0) is 4.79 Å². The van der Waals surface area contributed by atoms with Gasteiger partial charge in [0, 0.05) is 0 Å². The summed E-state index contributed by atoms with van der Waals surface area (Å²) < 4.78 is 0. The Morgan fingerprint density at radius 1 is 1.17 bits per heavy atom. The fourth-order valence-corrected chi connectivity index (χ4v) is 0.758. The van der Waals surface area contributed by atoms with Gasteiger partial charge < -0.3 is 10.2 Å². The van der Waals surface area contributed by atoms with Gasteiger partial charge in [-0.3, -0.25) is 4.79 Å². The lowest BCUT2D eigenvalue weighted by Gasteiger charge is -2.10. The van der Waals surface area contributed by atoms with Crippen molar-refractivity contribution in [2.45, 2.75) is 6.42 Å². The highest BCUT2D eigenvalue weighted by Crippen LogP contribution is 2.29. The minimum atomic E-state index is -0.961. The van der Waals surface area contributed by atoms with Crippen LogP contribution < -0.4 is 0 Å². The minimum absolute atomic E-state index is 0.153. The molecule has 0 unspecified atom stereocenters. The summed E-state index contributed by atoms with van der Waals surface area (Å²) in [6, 6.07) is 8.48. The SMILES string of the molecule is O=C(O)CCO.c1cc2ccc1-2. The number of carbonyl (C=O) groups is 1. The Morgan fingerprint density at radius 3 is 1.58 bits per heavy atom. The summed E-state index contributed by atoms with van der Waals surface area (Å²) in [5.41, 5.74) is 2.85. The molecule has 3 nitrogen and oxygen atoms in total. The first-order valence-electron chi connectivity index (χ1n) is 3.67. The van der Waals surface area contributed by atoms with Gasteiger partial charge in [0.15, 0.2) is 0 Å². The molecule has 0 fully saturated rings. The van der Waals surface area contributed by atoms with Gasteiger partial charge in [-0.15, -0.1) is 0 Å². The molecule has 0 amide bonds. The van der Waals surface area contributed by atoms with Crippen LogP contribution in [-0.4, -0.2) is 22.8 Å². The van der Waals surface area contributed by atoms with Crippen molar-refractivity contribution in [1.29, 1.82) is 0 Å². The summed E-state index contributed by atoms with van der Waals surface area (Å²) in [7, 11) is 0. The molecule has 0 aromatic carbocycles. The predicted molar refractivity (Wildman–Crippen MR) is 44.8 cm³/mol. The molecule has 3 heteroatoms. The van der Waals surface area contributed by atoms with Crippen LogP contribution in [0, 0.1) is 0 Å². The molecule has 0 aliphatic heterocycles. The number of hydrogen-bond acceptors (Lipinski definition) is 2. The molecular weight excluding hydrogens is 156 g/mol. The third-order valence-corrected chi connectivity index (χ3v) is 1.54. The average molecular weight is 166 g/mol. The smallest absolute Gasteiger partial charge is 0.305 e. The molecule has 0 bridgehead atoms. The van der Waals surface area contributed by atoms with Crippen LogP contribution in [0.2, 0.25) is 0 Å². The predicted octanol–water partition coefficient (Wildman–Crippen LogP) is 1.12. The Balaban J connectivity index is 0.000000120. The van der Waals surface area contributed by atoms with Crippen LogP contribution in [0.5, 0.6) is 0 Å². The van der Waals surface area contributed by atoms with Crippen LogP contribution >= 0.6 is 0 Å². The number of aliphatic hydroxyl groups is 1. The Labute approximate surface area is 70.3 Å². The van der Waals surface area contributed by atoms with E-state index < -0.39 is 5.97 Å². The van der Waals surface area contributed by atoms with Crippen molar-refractivity contribution in [3.8, 4) is 11.1 Å². The molecule has 0 radical (unpaired) electrons. The number of carboxylic acids is 1. The fraction of sp³-hybridized carbons (Fsp3) is 0.222. The Kier molecular flexibility index (Phi) is 2.82. The van der Waals surface area contributed by atoms with Gasteiger partial charge in [-0.05, 0) is 11.1 Å². The number of hydrogen-bond donors (Lipinski definition) is 2. The first-order chi connectivity index (χ1) is 5.74. The molecule has 0 aromatic heterocycles. The van der Waals surface area contributed by atoms with E-state index >= 15 is 0 Å². The van der Waals surface area contributed by atoms with Crippen LogP contribution in [0.25, 0.3) is 11.1 Å². The van der Waals surface area contributed by atoms with Crippen LogP contribution in [0.3, 0.4) is 0 Å². The van der Waals surface area contributed by atoms with Crippen molar-refractivity contribution in [3.63, 3.8) is 0 Å². The second-order valence-electron chi connectivity index (χ2n) is 2.44. The normalized spacial score (nSPS) is 9.75. The molecule has 0 heterocycles. The first kappa shape index (κ1) is 8.74. The van der Waals surface area contributed by atoms with Crippen LogP contribution in [0.1, 0.15) is 6.42 Å². The third-order valence-electron chi connectivity index (χ3n) is 1.54. The van der Waals surface area contributed by atoms with Gasteiger partial charge in [0.2, 0.25) is 0 Å². The van der Waals surface area contributed by atoms with Gasteiger partial charge in [0.05, 0.1) is 13.0 Å². The summed E-state index contributed by atoms with van der Waals surface area (Å²) in [6.07, 6.45) is -0.153. The van der Waals surface area contributed by atoms with Crippen molar-refractivity contribution < 1.29 is 15.0 Å². The number of carboxylic acid groups (broad SMARTS) is 1. The standard InChI is InChI=1S/C6H4.C3H6O3/c1-2-6-4-3-5(1)6;4-2-1-3(5)6/h1-4H;4H,1-2H2,(H,5,6). The minimum Gasteiger partial charge on any atom is -0.481 e. The van der Waals surface area contributed by atoms with E-state index in [-0.39, 0.29) is 13.0 Å². The molecular formula is C9H10O3. The molecule has 0 aromatic rings. The van der Waals surface area contributed by atoms with E-state index in [9.17, 15) is 4.79 Å². The van der Waals surface area contributed by atoms with Gasteiger partial charge in [-0.2, -0.15) is 0 Å². The van der Waals surface area contributed by atoms with Gasteiger partial charge in [-0.25, -0.2) is 0 Å². The highest BCUT2D eigenvalue weighted by atomic mass is 16.4. The summed E-state index contributed by atoms with van der Waals surface area (Å²) >= 11 is 0. The summed E-state index contributed by atoms with van der Waals surface area (Å²) in [4.78, 5) is 9.44. The van der Waals surface area contributed by atoms with Crippen molar-refractivity contribution in [2.75, 3.05) is 6.61 Å². The third kappa shape index (κ3) is 2.07. The molecule has 0 saturated heterocycles. The first-order valence-corrected chi connectivity index (χ1v) is 3.67. The molecule has 64 valence electrons. The van der Waals surface area contributed by atoms with Crippen molar-refractivity contribution >= 4 is 5.97 Å². The zero-order valence-corrected chi connectivity index (χ0v) is 6.53. The Hall–Kier alpha value is -1.35. The van der Waals surface area contributed by atoms with E-state index in [0.717, 1.165) is 0 Å². The maximum Gasteiger partial charge on any atom is 0.305 e.